The van der Waals surface area contributed by atoms with Gasteiger partial charge in [-0.2, -0.15) is 0 Å². The van der Waals surface area contributed by atoms with Crippen LogP contribution >= 0.6 is 0 Å². The number of benzene rings is 3. The van der Waals surface area contributed by atoms with E-state index in [-0.39, 0.29) is 21.8 Å². The molecule has 3 aromatic carbocycles. The molecule has 0 aliphatic carbocycles. The van der Waals surface area contributed by atoms with Gasteiger partial charge in [-0.15, -0.1) is 0 Å². The molecular formula is C21H16FN3O7S. The van der Waals surface area contributed by atoms with Crippen LogP contribution in [0.15, 0.2) is 77.7 Å². The summed E-state index contributed by atoms with van der Waals surface area (Å²) in [6.45, 7) is -0.707. The Balaban J connectivity index is 1.72. The van der Waals surface area contributed by atoms with E-state index in [1.54, 1.807) is 0 Å². The zero-order valence-electron chi connectivity index (χ0n) is 16.7. The first-order valence-corrected chi connectivity index (χ1v) is 10.7. The number of nitrogens with zero attached hydrogens (tertiary/aromatic N) is 1. The molecule has 10 nitrogen and oxygen atoms in total. The summed E-state index contributed by atoms with van der Waals surface area (Å²) in [5, 5.41) is 13.3. The zero-order valence-corrected chi connectivity index (χ0v) is 17.5. The molecule has 0 bridgehead atoms. The van der Waals surface area contributed by atoms with Crippen molar-refractivity contribution in [2.75, 3.05) is 16.6 Å². The van der Waals surface area contributed by atoms with Crippen molar-refractivity contribution in [2.45, 2.75) is 4.90 Å². The van der Waals surface area contributed by atoms with Crippen molar-refractivity contribution in [3.8, 4) is 0 Å². The summed E-state index contributed by atoms with van der Waals surface area (Å²) in [5.41, 5.74) is -0.597. The Hall–Kier alpha value is -4.32. The summed E-state index contributed by atoms with van der Waals surface area (Å²) in [7, 11) is -4.28. The number of amides is 1. The van der Waals surface area contributed by atoms with Gasteiger partial charge >= 0.3 is 5.97 Å². The van der Waals surface area contributed by atoms with Crippen LogP contribution in [0.3, 0.4) is 0 Å². The molecule has 0 saturated carbocycles. The number of sulfonamides is 1. The smallest absolute Gasteiger partial charge is 0.340 e. The third-order valence-electron chi connectivity index (χ3n) is 4.17. The normalized spacial score (nSPS) is 10.8. The number of nitro benzene ring substituents is 1. The van der Waals surface area contributed by atoms with Gasteiger partial charge in [0.05, 0.1) is 21.1 Å². The zero-order chi connectivity index (χ0) is 24.0. The van der Waals surface area contributed by atoms with Gasteiger partial charge in [0.25, 0.3) is 21.6 Å². The SMILES string of the molecule is O=C(COC(=O)c1ccccc1NS(=O)(=O)c1cccc([N+](=O)[O-])c1)Nc1cccc(F)c1. The number of ether oxygens (including phenoxy) is 1. The summed E-state index contributed by atoms with van der Waals surface area (Å²) >= 11 is 0. The standard InChI is InChI=1S/C21H16FN3O7S/c22-14-5-3-6-15(11-14)23-20(26)13-32-21(27)18-9-1-2-10-19(18)24-33(30,31)17-8-4-7-16(12-17)25(28)29/h1-12,24H,13H2,(H,23,26). The molecule has 12 heteroatoms. The number of carbonyl (C=O) groups excluding carboxylic acids is 2. The van der Waals surface area contributed by atoms with E-state index < -0.39 is 44.9 Å². The molecule has 3 rings (SSSR count). The Labute approximate surface area is 187 Å². The van der Waals surface area contributed by atoms with Gasteiger partial charge in [0.2, 0.25) is 0 Å². The first kappa shape index (κ1) is 23.3. The van der Waals surface area contributed by atoms with Crippen LogP contribution in [0.2, 0.25) is 0 Å². The van der Waals surface area contributed by atoms with E-state index in [4.69, 9.17) is 4.74 Å². The first-order valence-electron chi connectivity index (χ1n) is 9.24. The molecule has 3 aromatic rings. The van der Waals surface area contributed by atoms with Crippen LogP contribution in [0, 0.1) is 15.9 Å². The fraction of sp³-hybridized carbons (Fsp3) is 0.0476. The van der Waals surface area contributed by atoms with E-state index in [2.05, 4.69) is 10.0 Å². The number of nitrogens with one attached hydrogen (secondary N) is 2. The van der Waals surface area contributed by atoms with E-state index >= 15 is 0 Å². The lowest BCUT2D eigenvalue weighted by Gasteiger charge is -2.12. The third kappa shape index (κ3) is 6.11. The quantitative estimate of drug-likeness (QED) is 0.290. The molecule has 0 heterocycles. The Morgan fingerprint density at radius 3 is 2.45 bits per heavy atom. The van der Waals surface area contributed by atoms with Gasteiger partial charge < -0.3 is 10.1 Å². The van der Waals surface area contributed by atoms with Crippen LogP contribution in [-0.4, -0.2) is 31.8 Å². The van der Waals surface area contributed by atoms with Crippen LogP contribution in [-0.2, 0) is 19.6 Å². The van der Waals surface area contributed by atoms with Crippen molar-refractivity contribution in [1.29, 1.82) is 0 Å². The summed E-state index contributed by atoms with van der Waals surface area (Å²) in [4.78, 5) is 34.2. The molecule has 2 N–H and O–H groups in total. The molecule has 0 atom stereocenters. The molecule has 0 saturated heterocycles. The molecule has 170 valence electrons. The number of carbonyl (C=O) groups is 2. The fourth-order valence-corrected chi connectivity index (χ4v) is 3.81. The molecule has 0 fully saturated rings. The van der Waals surface area contributed by atoms with Crippen molar-refractivity contribution in [3.05, 3.63) is 94.3 Å². The predicted octanol–water partition coefficient (Wildman–Crippen LogP) is 3.33. The minimum atomic E-state index is -4.28. The number of para-hydroxylation sites is 1. The molecule has 0 radical (unpaired) electrons. The highest BCUT2D eigenvalue weighted by Gasteiger charge is 2.21. The second-order valence-electron chi connectivity index (χ2n) is 6.54. The van der Waals surface area contributed by atoms with Crippen molar-refractivity contribution in [1.82, 2.24) is 0 Å². The number of halogens is 1. The van der Waals surface area contributed by atoms with Crippen molar-refractivity contribution in [2.24, 2.45) is 0 Å². The molecular weight excluding hydrogens is 457 g/mol. The first-order chi connectivity index (χ1) is 15.7. The molecule has 0 aromatic heterocycles. The summed E-state index contributed by atoms with van der Waals surface area (Å²) in [6, 6.07) is 15.0. The predicted molar refractivity (Wildman–Crippen MR) is 116 cm³/mol. The van der Waals surface area contributed by atoms with Gasteiger partial charge in [-0.25, -0.2) is 17.6 Å². The number of anilines is 2. The maximum atomic E-state index is 13.2. The Morgan fingerprint density at radius 1 is 1.00 bits per heavy atom. The number of hydrogen-bond donors (Lipinski definition) is 2. The lowest BCUT2D eigenvalue weighted by Crippen LogP contribution is -2.22. The van der Waals surface area contributed by atoms with Gasteiger partial charge in [-0.1, -0.05) is 24.3 Å². The second kappa shape index (κ2) is 9.87. The molecule has 1 amide bonds. The molecule has 0 spiro atoms. The number of non-ortho nitro benzene ring substituents is 1. The second-order valence-corrected chi connectivity index (χ2v) is 8.22. The average molecular weight is 473 g/mol. The van der Waals surface area contributed by atoms with Crippen molar-refractivity contribution >= 4 is 39.0 Å². The maximum absolute atomic E-state index is 13.2. The highest BCUT2D eigenvalue weighted by atomic mass is 32.2. The third-order valence-corrected chi connectivity index (χ3v) is 5.54. The highest BCUT2D eigenvalue weighted by Crippen LogP contribution is 2.23. The summed E-state index contributed by atoms with van der Waals surface area (Å²) in [6.07, 6.45) is 0. The van der Waals surface area contributed by atoms with Crippen LogP contribution in [0.1, 0.15) is 10.4 Å². The van der Waals surface area contributed by atoms with Gasteiger partial charge in [-0.3, -0.25) is 19.6 Å². The number of nitro groups is 1. The van der Waals surface area contributed by atoms with Gasteiger partial charge in [0.1, 0.15) is 5.82 Å². The Bertz CT molecular complexity index is 1330. The van der Waals surface area contributed by atoms with Gasteiger partial charge in [0.15, 0.2) is 6.61 Å². The molecule has 0 aliphatic rings. The lowest BCUT2D eigenvalue weighted by atomic mass is 10.2. The number of esters is 1. The van der Waals surface area contributed by atoms with Crippen molar-refractivity contribution in [3.63, 3.8) is 0 Å². The van der Waals surface area contributed by atoms with Crippen LogP contribution < -0.4 is 10.0 Å². The van der Waals surface area contributed by atoms with Gasteiger partial charge in [0, 0.05) is 17.8 Å². The minimum absolute atomic E-state index is 0.153. The van der Waals surface area contributed by atoms with E-state index in [9.17, 15) is 32.5 Å². The van der Waals surface area contributed by atoms with Crippen LogP contribution in [0.4, 0.5) is 21.5 Å². The minimum Gasteiger partial charge on any atom is -0.452 e. The monoisotopic (exact) mass is 473 g/mol. The number of rotatable bonds is 8. The molecule has 33 heavy (non-hydrogen) atoms. The van der Waals surface area contributed by atoms with E-state index in [0.717, 1.165) is 24.3 Å². The highest BCUT2D eigenvalue weighted by molar-refractivity contribution is 7.92. The van der Waals surface area contributed by atoms with E-state index in [1.807, 2.05) is 0 Å². The Morgan fingerprint density at radius 2 is 1.73 bits per heavy atom. The molecule has 0 aliphatic heterocycles. The van der Waals surface area contributed by atoms with Crippen LogP contribution in [0.25, 0.3) is 0 Å². The maximum Gasteiger partial charge on any atom is 0.340 e. The van der Waals surface area contributed by atoms with Gasteiger partial charge in [-0.05, 0) is 36.4 Å². The largest absolute Gasteiger partial charge is 0.452 e. The van der Waals surface area contributed by atoms with E-state index in [0.29, 0.717) is 0 Å². The number of hydrogen-bond acceptors (Lipinski definition) is 7. The fourth-order valence-electron chi connectivity index (χ4n) is 2.69. The molecule has 0 unspecified atom stereocenters. The van der Waals surface area contributed by atoms with Crippen LogP contribution in [0.5, 0.6) is 0 Å². The summed E-state index contributed by atoms with van der Waals surface area (Å²) in [5.74, 6) is -2.29. The topological polar surface area (TPSA) is 145 Å². The lowest BCUT2D eigenvalue weighted by molar-refractivity contribution is -0.385. The summed E-state index contributed by atoms with van der Waals surface area (Å²) < 4.78 is 45.7. The van der Waals surface area contributed by atoms with Crippen molar-refractivity contribution < 1.29 is 32.1 Å². The van der Waals surface area contributed by atoms with E-state index in [1.165, 1.54) is 48.5 Å². The Kier molecular flexibility index (Phi) is 6.98. The average Bonchev–Trinajstić information content (AvgIpc) is 2.77.